The molecule has 0 saturated heterocycles. The maximum Gasteiger partial charge on any atom is 0.277 e. The van der Waals surface area contributed by atoms with Gasteiger partial charge in [-0.3, -0.25) is 4.79 Å². The molecule has 6 nitrogen and oxygen atoms in total. The maximum atomic E-state index is 11.9. The Morgan fingerprint density at radius 2 is 1.86 bits per heavy atom. The van der Waals surface area contributed by atoms with Crippen LogP contribution in [-0.2, 0) is 4.79 Å². The highest BCUT2D eigenvalue weighted by Gasteiger charge is 2.06. The van der Waals surface area contributed by atoms with Gasteiger partial charge in [0.25, 0.3) is 5.91 Å². The zero-order chi connectivity index (χ0) is 20.4. The first-order chi connectivity index (χ1) is 13.6. The third-order valence-electron chi connectivity index (χ3n) is 4.32. The van der Waals surface area contributed by atoms with Crippen LogP contribution >= 0.6 is 0 Å². The van der Waals surface area contributed by atoms with Crippen molar-refractivity contribution in [1.29, 1.82) is 0 Å². The van der Waals surface area contributed by atoms with E-state index in [-0.39, 0.29) is 12.5 Å². The SMILES string of the molecule is CCOc1cc(/C=N\NC(=O)COc2ccc([C@H](C)CC)cc2)ccc1OC. The van der Waals surface area contributed by atoms with Crippen LogP contribution < -0.4 is 19.6 Å². The number of hydrazone groups is 1. The average Bonchev–Trinajstić information content (AvgIpc) is 2.72. The minimum absolute atomic E-state index is 0.104. The molecular formula is C22H28N2O4. The summed E-state index contributed by atoms with van der Waals surface area (Å²) in [5.74, 6) is 2.11. The lowest BCUT2D eigenvalue weighted by molar-refractivity contribution is -0.123. The fourth-order valence-corrected chi connectivity index (χ4v) is 2.53. The van der Waals surface area contributed by atoms with Gasteiger partial charge in [-0.05, 0) is 60.7 Å². The lowest BCUT2D eigenvalue weighted by Gasteiger charge is -2.10. The molecule has 1 atom stereocenters. The molecule has 0 aliphatic rings. The molecule has 2 aromatic rings. The number of rotatable bonds is 10. The van der Waals surface area contributed by atoms with E-state index in [1.165, 1.54) is 5.56 Å². The van der Waals surface area contributed by atoms with Gasteiger partial charge in [0, 0.05) is 0 Å². The van der Waals surface area contributed by atoms with Gasteiger partial charge in [0.2, 0.25) is 0 Å². The van der Waals surface area contributed by atoms with Crippen molar-refractivity contribution >= 4 is 12.1 Å². The minimum Gasteiger partial charge on any atom is -0.493 e. The maximum absolute atomic E-state index is 11.9. The van der Waals surface area contributed by atoms with E-state index in [4.69, 9.17) is 14.2 Å². The molecule has 0 heterocycles. The topological polar surface area (TPSA) is 69.2 Å². The number of nitrogens with one attached hydrogen (secondary N) is 1. The number of amides is 1. The fraction of sp³-hybridized carbons (Fsp3) is 0.364. The molecule has 0 saturated carbocycles. The molecule has 6 heteroatoms. The Balaban J connectivity index is 1.84. The smallest absolute Gasteiger partial charge is 0.277 e. The summed E-state index contributed by atoms with van der Waals surface area (Å²) in [6, 6.07) is 13.2. The molecule has 2 aromatic carbocycles. The summed E-state index contributed by atoms with van der Waals surface area (Å²) in [7, 11) is 1.59. The second-order valence-corrected chi connectivity index (χ2v) is 6.30. The Morgan fingerprint density at radius 1 is 1.11 bits per heavy atom. The second-order valence-electron chi connectivity index (χ2n) is 6.30. The van der Waals surface area contributed by atoms with Crippen LogP contribution in [0.25, 0.3) is 0 Å². The molecule has 0 radical (unpaired) electrons. The van der Waals surface area contributed by atoms with E-state index >= 15 is 0 Å². The second kappa shape index (κ2) is 11.0. The summed E-state index contributed by atoms with van der Waals surface area (Å²) in [4.78, 5) is 11.9. The summed E-state index contributed by atoms with van der Waals surface area (Å²) in [6.07, 6.45) is 2.63. The van der Waals surface area contributed by atoms with E-state index in [1.54, 1.807) is 25.5 Å². The zero-order valence-corrected chi connectivity index (χ0v) is 16.9. The first-order valence-electron chi connectivity index (χ1n) is 9.42. The summed E-state index contributed by atoms with van der Waals surface area (Å²) in [5.41, 5.74) is 4.50. The first kappa shape index (κ1) is 21.3. The quantitative estimate of drug-likeness (QED) is 0.494. The fourth-order valence-electron chi connectivity index (χ4n) is 2.53. The number of methoxy groups -OCH3 is 1. The van der Waals surface area contributed by atoms with Gasteiger partial charge in [-0.1, -0.05) is 26.0 Å². The molecule has 1 amide bonds. The van der Waals surface area contributed by atoms with Crippen molar-refractivity contribution in [2.45, 2.75) is 33.1 Å². The highest BCUT2D eigenvalue weighted by molar-refractivity contribution is 5.83. The molecule has 0 fully saturated rings. The number of ether oxygens (including phenoxy) is 3. The van der Waals surface area contributed by atoms with Crippen LogP contribution in [0, 0.1) is 0 Å². The van der Waals surface area contributed by atoms with Crippen molar-refractivity contribution < 1.29 is 19.0 Å². The summed E-state index contributed by atoms with van der Waals surface area (Å²) >= 11 is 0. The van der Waals surface area contributed by atoms with Crippen LogP contribution in [0.5, 0.6) is 17.2 Å². The Hall–Kier alpha value is -3.02. The Labute approximate surface area is 166 Å². The average molecular weight is 384 g/mol. The highest BCUT2D eigenvalue weighted by Crippen LogP contribution is 2.27. The van der Waals surface area contributed by atoms with Gasteiger partial charge in [0.15, 0.2) is 18.1 Å². The third-order valence-corrected chi connectivity index (χ3v) is 4.32. The van der Waals surface area contributed by atoms with Crippen molar-refractivity contribution in [2.24, 2.45) is 5.10 Å². The van der Waals surface area contributed by atoms with E-state index in [9.17, 15) is 4.79 Å². The third kappa shape index (κ3) is 6.30. The predicted octanol–water partition coefficient (Wildman–Crippen LogP) is 4.14. The molecule has 28 heavy (non-hydrogen) atoms. The molecule has 0 aliphatic carbocycles. The van der Waals surface area contributed by atoms with Crippen molar-refractivity contribution in [3.63, 3.8) is 0 Å². The van der Waals surface area contributed by atoms with Gasteiger partial charge < -0.3 is 14.2 Å². The van der Waals surface area contributed by atoms with Crippen LogP contribution in [-0.4, -0.2) is 32.4 Å². The number of hydrogen-bond acceptors (Lipinski definition) is 5. The van der Waals surface area contributed by atoms with E-state index in [1.807, 2.05) is 37.3 Å². The van der Waals surface area contributed by atoms with Crippen molar-refractivity contribution in [1.82, 2.24) is 5.43 Å². The van der Waals surface area contributed by atoms with Gasteiger partial charge in [0.1, 0.15) is 5.75 Å². The van der Waals surface area contributed by atoms with Gasteiger partial charge in [-0.2, -0.15) is 5.10 Å². The van der Waals surface area contributed by atoms with E-state index < -0.39 is 0 Å². The van der Waals surface area contributed by atoms with E-state index in [2.05, 4.69) is 24.4 Å². The highest BCUT2D eigenvalue weighted by atomic mass is 16.5. The van der Waals surface area contributed by atoms with Crippen LogP contribution in [0.2, 0.25) is 0 Å². The predicted molar refractivity (Wildman–Crippen MR) is 111 cm³/mol. The van der Waals surface area contributed by atoms with E-state index in [0.29, 0.717) is 29.8 Å². The standard InChI is InChI=1S/C22H28N2O4/c1-5-16(3)18-8-10-19(11-9-18)28-15-22(25)24-23-14-17-7-12-20(26-4)21(13-17)27-6-2/h7-14,16H,5-6,15H2,1-4H3,(H,24,25)/b23-14-/t16-/m1/s1. The number of hydrogen-bond donors (Lipinski definition) is 1. The van der Waals surface area contributed by atoms with Crippen molar-refractivity contribution in [2.75, 3.05) is 20.3 Å². The lowest BCUT2D eigenvalue weighted by atomic mass is 9.99. The monoisotopic (exact) mass is 384 g/mol. The van der Waals surface area contributed by atoms with Crippen LogP contribution in [0.4, 0.5) is 0 Å². The van der Waals surface area contributed by atoms with Crippen LogP contribution in [0.15, 0.2) is 47.6 Å². The molecule has 0 spiro atoms. The van der Waals surface area contributed by atoms with E-state index in [0.717, 1.165) is 12.0 Å². The van der Waals surface area contributed by atoms with Gasteiger partial charge in [-0.15, -0.1) is 0 Å². The van der Waals surface area contributed by atoms with Gasteiger partial charge in [-0.25, -0.2) is 5.43 Å². The molecule has 0 unspecified atom stereocenters. The largest absolute Gasteiger partial charge is 0.493 e. The summed E-state index contributed by atoms with van der Waals surface area (Å²) in [6.45, 7) is 6.67. The summed E-state index contributed by atoms with van der Waals surface area (Å²) in [5, 5.41) is 3.96. The van der Waals surface area contributed by atoms with Gasteiger partial charge >= 0.3 is 0 Å². The molecule has 0 aliphatic heterocycles. The molecule has 0 bridgehead atoms. The number of benzene rings is 2. The van der Waals surface area contributed by atoms with Crippen LogP contribution in [0.3, 0.4) is 0 Å². The molecule has 0 aromatic heterocycles. The molecule has 1 N–H and O–H groups in total. The number of nitrogens with zero attached hydrogens (tertiary/aromatic N) is 1. The minimum atomic E-state index is -0.333. The number of carbonyl (C=O) groups excluding carboxylic acids is 1. The normalized spacial score (nSPS) is 11.9. The van der Waals surface area contributed by atoms with Crippen LogP contribution in [0.1, 0.15) is 44.2 Å². The Bertz CT molecular complexity index is 788. The van der Waals surface area contributed by atoms with Gasteiger partial charge in [0.05, 0.1) is 19.9 Å². The summed E-state index contributed by atoms with van der Waals surface area (Å²) < 4.78 is 16.3. The lowest BCUT2D eigenvalue weighted by Crippen LogP contribution is -2.24. The molecule has 2 rings (SSSR count). The molecular weight excluding hydrogens is 356 g/mol. The Kier molecular flexibility index (Phi) is 8.34. The number of carbonyl (C=O) groups is 1. The van der Waals surface area contributed by atoms with Crippen molar-refractivity contribution in [3.05, 3.63) is 53.6 Å². The zero-order valence-electron chi connectivity index (χ0n) is 16.9. The first-order valence-corrected chi connectivity index (χ1v) is 9.42. The van der Waals surface area contributed by atoms with Crippen molar-refractivity contribution in [3.8, 4) is 17.2 Å². The molecule has 150 valence electrons. The Morgan fingerprint density at radius 3 is 2.50 bits per heavy atom.